The van der Waals surface area contributed by atoms with Gasteiger partial charge in [-0.25, -0.2) is 4.98 Å². The molecule has 5 heteroatoms. The molecule has 0 atom stereocenters. The van der Waals surface area contributed by atoms with Crippen molar-refractivity contribution in [2.45, 2.75) is 13.5 Å². The third-order valence-corrected chi connectivity index (χ3v) is 5.55. The summed E-state index contributed by atoms with van der Waals surface area (Å²) < 4.78 is 6.36. The first-order valence-electron chi connectivity index (χ1n) is 9.01. The normalized spacial score (nSPS) is 10.8. The number of hydrogen-bond donors (Lipinski definition) is 0. The average Bonchev–Trinajstić information content (AvgIpc) is 3.15. The van der Waals surface area contributed by atoms with Crippen molar-refractivity contribution in [1.29, 1.82) is 0 Å². The van der Waals surface area contributed by atoms with Gasteiger partial charge >= 0.3 is 0 Å². The number of aromatic nitrogens is 1. The van der Waals surface area contributed by atoms with Crippen LogP contribution in [0, 0.1) is 6.92 Å². The highest BCUT2D eigenvalue weighted by Gasteiger charge is 2.22. The molecular formula is C23H20N2O2S. The Bertz CT molecular complexity index is 1120. The molecule has 0 saturated heterocycles. The zero-order chi connectivity index (χ0) is 19.5. The Morgan fingerprint density at radius 3 is 2.64 bits per heavy atom. The van der Waals surface area contributed by atoms with E-state index in [4.69, 9.17) is 9.72 Å². The fraction of sp³-hybridized carbons (Fsp3) is 0.130. The molecule has 4 rings (SSSR count). The maximum Gasteiger partial charge on any atom is 0.260 e. The maximum absolute atomic E-state index is 13.4. The molecule has 140 valence electrons. The first-order valence-corrected chi connectivity index (χ1v) is 9.83. The van der Waals surface area contributed by atoms with Gasteiger partial charge in [-0.05, 0) is 48.4 Å². The minimum absolute atomic E-state index is 0.0986. The SMILES string of the molecule is COc1cccc(C(=O)N(Cc2ccccc2)c2nc3ccc(C)cc3s2)c1. The quantitative estimate of drug-likeness (QED) is 0.456. The molecule has 1 amide bonds. The number of ether oxygens (including phenoxy) is 1. The number of methoxy groups -OCH3 is 1. The first-order chi connectivity index (χ1) is 13.6. The number of nitrogens with zero attached hydrogens (tertiary/aromatic N) is 2. The lowest BCUT2D eigenvalue weighted by molar-refractivity contribution is 0.0985. The summed E-state index contributed by atoms with van der Waals surface area (Å²) in [5, 5.41) is 0.692. The highest BCUT2D eigenvalue weighted by atomic mass is 32.1. The van der Waals surface area contributed by atoms with E-state index in [1.165, 1.54) is 16.9 Å². The number of hydrogen-bond acceptors (Lipinski definition) is 4. The van der Waals surface area contributed by atoms with E-state index >= 15 is 0 Å². The summed E-state index contributed by atoms with van der Waals surface area (Å²) in [5.41, 5.74) is 3.71. The molecule has 0 fully saturated rings. The number of benzene rings is 3. The number of rotatable bonds is 5. The van der Waals surface area contributed by atoms with Crippen molar-refractivity contribution in [3.8, 4) is 5.75 Å². The molecule has 1 heterocycles. The molecule has 4 nitrogen and oxygen atoms in total. The van der Waals surface area contributed by atoms with Gasteiger partial charge in [0.05, 0.1) is 23.9 Å². The minimum atomic E-state index is -0.0986. The Balaban J connectivity index is 1.77. The third-order valence-electron chi connectivity index (χ3n) is 4.51. The van der Waals surface area contributed by atoms with Gasteiger partial charge in [-0.1, -0.05) is 53.8 Å². The van der Waals surface area contributed by atoms with Gasteiger partial charge in [-0.3, -0.25) is 9.69 Å². The van der Waals surface area contributed by atoms with Gasteiger partial charge in [0, 0.05) is 5.56 Å². The molecule has 0 unspecified atom stereocenters. The van der Waals surface area contributed by atoms with E-state index in [2.05, 4.69) is 13.0 Å². The number of carbonyl (C=O) groups excluding carboxylic acids is 1. The van der Waals surface area contributed by atoms with Crippen LogP contribution in [-0.2, 0) is 6.54 Å². The Labute approximate surface area is 168 Å². The average molecular weight is 388 g/mol. The van der Waals surface area contributed by atoms with Gasteiger partial charge in [0.25, 0.3) is 5.91 Å². The lowest BCUT2D eigenvalue weighted by atomic mass is 10.1. The van der Waals surface area contributed by atoms with Crippen LogP contribution in [0.5, 0.6) is 5.75 Å². The second-order valence-electron chi connectivity index (χ2n) is 6.58. The van der Waals surface area contributed by atoms with E-state index in [1.54, 1.807) is 24.1 Å². The van der Waals surface area contributed by atoms with E-state index in [1.807, 2.05) is 54.6 Å². The Hall–Kier alpha value is -3.18. The number of anilines is 1. The summed E-state index contributed by atoms with van der Waals surface area (Å²) in [6.45, 7) is 2.51. The van der Waals surface area contributed by atoms with E-state index in [-0.39, 0.29) is 5.91 Å². The monoisotopic (exact) mass is 388 g/mol. The van der Waals surface area contributed by atoms with Crippen LogP contribution in [0.1, 0.15) is 21.5 Å². The molecular weight excluding hydrogens is 368 g/mol. The summed E-state index contributed by atoms with van der Waals surface area (Å²) in [6.07, 6.45) is 0. The Morgan fingerprint density at radius 1 is 1.04 bits per heavy atom. The van der Waals surface area contributed by atoms with Gasteiger partial charge in [0.15, 0.2) is 5.13 Å². The molecule has 0 spiro atoms. The molecule has 0 bridgehead atoms. The van der Waals surface area contributed by atoms with E-state index in [9.17, 15) is 4.79 Å². The predicted octanol–water partition coefficient (Wildman–Crippen LogP) is 5.46. The highest BCUT2D eigenvalue weighted by molar-refractivity contribution is 7.22. The molecule has 0 saturated carbocycles. The molecule has 28 heavy (non-hydrogen) atoms. The molecule has 0 aliphatic carbocycles. The highest BCUT2D eigenvalue weighted by Crippen LogP contribution is 2.31. The lowest BCUT2D eigenvalue weighted by Gasteiger charge is -2.20. The summed E-state index contributed by atoms with van der Waals surface area (Å²) in [6, 6.07) is 23.3. The number of amides is 1. The van der Waals surface area contributed by atoms with Crippen LogP contribution in [0.25, 0.3) is 10.2 Å². The van der Waals surface area contributed by atoms with Crippen LogP contribution in [0.4, 0.5) is 5.13 Å². The van der Waals surface area contributed by atoms with Gasteiger partial charge in [0.1, 0.15) is 5.75 Å². The number of fused-ring (bicyclic) bond motifs is 1. The smallest absolute Gasteiger partial charge is 0.260 e. The van der Waals surface area contributed by atoms with Crippen LogP contribution in [0.15, 0.2) is 72.8 Å². The molecule has 0 aliphatic heterocycles. The third kappa shape index (κ3) is 3.75. The summed E-state index contributed by atoms with van der Waals surface area (Å²) in [5.74, 6) is 0.559. The molecule has 4 aromatic rings. The summed E-state index contributed by atoms with van der Waals surface area (Å²) in [7, 11) is 1.60. The van der Waals surface area contributed by atoms with Crippen LogP contribution >= 0.6 is 11.3 Å². The van der Waals surface area contributed by atoms with Crippen molar-refractivity contribution in [3.05, 3.63) is 89.5 Å². The topological polar surface area (TPSA) is 42.4 Å². The number of thiazole rings is 1. The fourth-order valence-corrected chi connectivity index (χ4v) is 4.10. The van der Waals surface area contributed by atoms with Crippen molar-refractivity contribution in [1.82, 2.24) is 4.98 Å². The van der Waals surface area contributed by atoms with Gasteiger partial charge < -0.3 is 4.74 Å². The molecule has 0 N–H and O–H groups in total. The standard InChI is InChI=1S/C23H20N2O2S/c1-16-11-12-20-21(13-16)28-23(24-20)25(15-17-7-4-3-5-8-17)22(26)18-9-6-10-19(14-18)27-2/h3-14H,15H2,1-2H3. The van der Waals surface area contributed by atoms with Crippen molar-refractivity contribution in [2.75, 3.05) is 12.0 Å². The van der Waals surface area contributed by atoms with Gasteiger partial charge in [-0.15, -0.1) is 0 Å². The van der Waals surface area contributed by atoms with E-state index in [0.717, 1.165) is 15.8 Å². The van der Waals surface area contributed by atoms with Crippen molar-refractivity contribution < 1.29 is 9.53 Å². The predicted molar refractivity (Wildman–Crippen MR) is 114 cm³/mol. The molecule has 1 aromatic heterocycles. The van der Waals surface area contributed by atoms with Crippen molar-refractivity contribution >= 4 is 32.6 Å². The zero-order valence-corrected chi connectivity index (χ0v) is 16.6. The number of aryl methyl sites for hydroxylation is 1. The van der Waals surface area contributed by atoms with Crippen LogP contribution in [0.3, 0.4) is 0 Å². The van der Waals surface area contributed by atoms with Crippen molar-refractivity contribution in [2.24, 2.45) is 0 Å². The second kappa shape index (κ2) is 7.82. The fourth-order valence-electron chi connectivity index (χ4n) is 3.04. The van der Waals surface area contributed by atoms with Crippen molar-refractivity contribution in [3.63, 3.8) is 0 Å². The minimum Gasteiger partial charge on any atom is -0.497 e. The largest absolute Gasteiger partial charge is 0.497 e. The van der Waals surface area contributed by atoms with Gasteiger partial charge in [0.2, 0.25) is 0 Å². The van der Waals surface area contributed by atoms with E-state index in [0.29, 0.717) is 23.0 Å². The molecule has 3 aromatic carbocycles. The lowest BCUT2D eigenvalue weighted by Crippen LogP contribution is -2.30. The maximum atomic E-state index is 13.4. The number of carbonyl (C=O) groups is 1. The van der Waals surface area contributed by atoms with Crippen LogP contribution in [0.2, 0.25) is 0 Å². The Kier molecular flexibility index (Phi) is 5.08. The summed E-state index contributed by atoms with van der Waals surface area (Å²) >= 11 is 1.53. The van der Waals surface area contributed by atoms with Crippen LogP contribution in [-0.4, -0.2) is 18.0 Å². The second-order valence-corrected chi connectivity index (χ2v) is 7.59. The first kappa shape index (κ1) is 18.2. The summed E-state index contributed by atoms with van der Waals surface area (Å²) in [4.78, 5) is 19.9. The molecule has 0 aliphatic rings. The van der Waals surface area contributed by atoms with Gasteiger partial charge in [-0.2, -0.15) is 0 Å². The molecule has 0 radical (unpaired) electrons. The zero-order valence-electron chi connectivity index (χ0n) is 15.8. The van der Waals surface area contributed by atoms with E-state index < -0.39 is 0 Å². The Morgan fingerprint density at radius 2 is 1.86 bits per heavy atom. The van der Waals surface area contributed by atoms with Crippen LogP contribution < -0.4 is 9.64 Å².